The van der Waals surface area contributed by atoms with Gasteiger partial charge in [-0.1, -0.05) is 38.3 Å². The number of ether oxygens (including phenoxy) is 1. The molecule has 194 valence electrons. The largest absolute Gasteiger partial charge is 0.383 e. The van der Waals surface area contributed by atoms with Gasteiger partial charge in [0.1, 0.15) is 17.0 Å². The summed E-state index contributed by atoms with van der Waals surface area (Å²) in [6.07, 6.45) is 4.33. The van der Waals surface area contributed by atoms with Gasteiger partial charge in [-0.3, -0.25) is 28.8 Å². The lowest BCUT2D eigenvalue weighted by Gasteiger charge is -2.45. The molecule has 11 nitrogen and oxygen atoms in total. The summed E-state index contributed by atoms with van der Waals surface area (Å²) in [6, 6.07) is 7.22. The Morgan fingerprint density at radius 1 is 1.19 bits per heavy atom. The molecular formula is C25H34N6O5. The molecule has 2 heterocycles. The monoisotopic (exact) mass is 498 g/mol. The first-order valence-electron chi connectivity index (χ1n) is 12.4. The van der Waals surface area contributed by atoms with Gasteiger partial charge in [0, 0.05) is 20.2 Å². The predicted octanol–water partition coefficient (Wildman–Crippen LogP) is 1.67. The number of aromatic nitrogens is 2. The van der Waals surface area contributed by atoms with Gasteiger partial charge in [0.2, 0.25) is 5.91 Å². The van der Waals surface area contributed by atoms with Crippen molar-refractivity contribution in [3.8, 4) is 0 Å². The minimum Gasteiger partial charge on any atom is -0.383 e. The number of para-hydroxylation sites is 2. The average molecular weight is 499 g/mol. The summed E-state index contributed by atoms with van der Waals surface area (Å²) < 4.78 is 6.56. The number of fused-ring (bicyclic) bond motifs is 1. The van der Waals surface area contributed by atoms with Gasteiger partial charge in [-0.2, -0.15) is 0 Å². The molecule has 0 bridgehead atoms. The SMILES string of the molecule is CCCCn1c(N)c(N(CCOC)CC(=O)N2c3ccccc3NC(=O)C23CCCC3)c(=O)[nH]c1=O. The number of nitrogens with two attached hydrogens (primary N) is 1. The zero-order valence-electron chi connectivity index (χ0n) is 20.8. The van der Waals surface area contributed by atoms with Crippen LogP contribution in [-0.2, 0) is 20.9 Å². The van der Waals surface area contributed by atoms with Crippen molar-refractivity contribution in [1.29, 1.82) is 0 Å². The Bertz CT molecular complexity index is 1250. The number of aromatic amines is 1. The molecule has 1 aromatic carbocycles. The zero-order chi connectivity index (χ0) is 25.9. The van der Waals surface area contributed by atoms with Crippen molar-refractivity contribution in [3.63, 3.8) is 0 Å². The van der Waals surface area contributed by atoms with E-state index in [1.807, 2.05) is 19.1 Å². The normalized spacial score (nSPS) is 16.2. The van der Waals surface area contributed by atoms with Gasteiger partial charge in [0.25, 0.3) is 11.5 Å². The zero-order valence-corrected chi connectivity index (χ0v) is 20.8. The summed E-state index contributed by atoms with van der Waals surface area (Å²) in [4.78, 5) is 58.1. The molecule has 0 radical (unpaired) electrons. The van der Waals surface area contributed by atoms with Crippen molar-refractivity contribution < 1.29 is 14.3 Å². The highest BCUT2D eigenvalue weighted by molar-refractivity contribution is 6.15. The van der Waals surface area contributed by atoms with Crippen LogP contribution in [0.3, 0.4) is 0 Å². The van der Waals surface area contributed by atoms with Crippen molar-refractivity contribution >= 4 is 34.7 Å². The van der Waals surface area contributed by atoms with Gasteiger partial charge in [-0.05, 0) is 31.4 Å². The number of benzene rings is 1. The lowest BCUT2D eigenvalue weighted by Crippen LogP contribution is -2.62. The van der Waals surface area contributed by atoms with Crippen LogP contribution in [0.2, 0.25) is 0 Å². The van der Waals surface area contributed by atoms with Crippen LogP contribution in [0, 0.1) is 0 Å². The molecule has 2 amide bonds. The van der Waals surface area contributed by atoms with Gasteiger partial charge in [-0.25, -0.2) is 4.79 Å². The Labute approximate surface area is 209 Å². The summed E-state index contributed by atoms with van der Waals surface area (Å²) in [5.41, 5.74) is 5.36. The molecule has 2 aromatic rings. The second kappa shape index (κ2) is 10.6. The van der Waals surface area contributed by atoms with E-state index in [9.17, 15) is 19.2 Å². The summed E-state index contributed by atoms with van der Waals surface area (Å²) in [5.74, 6) is -0.519. The Morgan fingerprint density at radius 3 is 2.61 bits per heavy atom. The number of carbonyl (C=O) groups excluding carboxylic acids is 2. The number of anilines is 4. The molecule has 1 aliphatic carbocycles. The molecule has 1 aromatic heterocycles. The Balaban J connectivity index is 1.76. The average Bonchev–Trinajstić information content (AvgIpc) is 3.33. The smallest absolute Gasteiger partial charge is 0.330 e. The van der Waals surface area contributed by atoms with Gasteiger partial charge in [-0.15, -0.1) is 0 Å². The van der Waals surface area contributed by atoms with Crippen molar-refractivity contribution in [2.75, 3.05) is 47.7 Å². The molecule has 1 spiro atoms. The van der Waals surface area contributed by atoms with E-state index in [-0.39, 0.29) is 43.0 Å². The van der Waals surface area contributed by atoms with E-state index in [1.165, 1.54) is 11.7 Å². The fourth-order valence-corrected chi connectivity index (χ4v) is 5.26. The summed E-state index contributed by atoms with van der Waals surface area (Å²) in [6.45, 7) is 2.53. The number of carbonyl (C=O) groups is 2. The number of nitrogens with zero attached hydrogens (tertiary/aromatic N) is 3. The van der Waals surface area contributed by atoms with Crippen molar-refractivity contribution in [3.05, 3.63) is 45.1 Å². The molecule has 36 heavy (non-hydrogen) atoms. The van der Waals surface area contributed by atoms with Crippen LogP contribution in [0.4, 0.5) is 22.9 Å². The van der Waals surface area contributed by atoms with E-state index in [2.05, 4.69) is 10.3 Å². The lowest BCUT2D eigenvalue weighted by atomic mass is 9.89. The van der Waals surface area contributed by atoms with Crippen molar-refractivity contribution in [1.82, 2.24) is 9.55 Å². The maximum Gasteiger partial charge on any atom is 0.330 e. The molecule has 0 atom stereocenters. The number of rotatable bonds is 9. The minimum absolute atomic E-state index is 0.00784. The van der Waals surface area contributed by atoms with Gasteiger partial charge < -0.3 is 20.7 Å². The molecule has 11 heteroatoms. The molecule has 1 saturated carbocycles. The second-order valence-electron chi connectivity index (χ2n) is 9.35. The summed E-state index contributed by atoms with van der Waals surface area (Å²) in [7, 11) is 1.52. The summed E-state index contributed by atoms with van der Waals surface area (Å²) in [5, 5.41) is 2.97. The molecule has 2 aliphatic rings. The van der Waals surface area contributed by atoms with Crippen molar-refractivity contribution in [2.24, 2.45) is 0 Å². The number of nitrogen functional groups attached to an aromatic ring is 1. The fraction of sp³-hybridized carbons (Fsp3) is 0.520. The number of methoxy groups -OCH3 is 1. The van der Waals surface area contributed by atoms with E-state index in [4.69, 9.17) is 10.5 Å². The van der Waals surface area contributed by atoms with Crippen LogP contribution >= 0.6 is 0 Å². The highest BCUT2D eigenvalue weighted by Gasteiger charge is 2.52. The van der Waals surface area contributed by atoms with Gasteiger partial charge in [0.15, 0.2) is 0 Å². The standard InChI is InChI=1S/C25H34N6O5/c1-3-4-13-30-21(26)20(22(33)28-24(30)35)29(14-15-36-2)16-19(32)31-18-10-6-5-9-17(18)27-23(34)25(31)11-7-8-12-25/h5-6,9-10H,3-4,7-8,11-16,26H2,1-2H3,(H,27,34)(H,28,33,35). The Morgan fingerprint density at radius 2 is 1.92 bits per heavy atom. The minimum atomic E-state index is -0.976. The molecular weight excluding hydrogens is 464 g/mol. The second-order valence-corrected chi connectivity index (χ2v) is 9.35. The maximum absolute atomic E-state index is 14.0. The van der Waals surface area contributed by atoms with E-state index >= 15 is 0 Å². The number of H-pyrrole nitrogens is 1. The Hall–Kier alpha value is -3.60. The lowest BCUT2D eigenvalue weighted by molar-refractivity contribution is -0.126. The molecule has 1 aliphatic heterocycles. The molecule has 1 fully saturated rings. The number of unbranched alkanes of at least 4 members (excludes halogenated alkanes) is 1. The number of hydrogen-bond donors (Lipinski definition) is 3. The van der Waals surface area contributed by atoms with Crippen LogP contribution in [0.5, 0.6) is 0 Å². The first-order chi connectivity index (χ1) is 17.3. The van der Waals surface area contributed by atoms with Gasteiger partial charge in [0.05, 0.1) is 24.5 Å². The first kappa shape index (κ1) is 25.5. The Kier molecular flexibility index (Phi) is 7.48. The summed E-state index contributed by atoms with van der Waals surface area (Å²) >= 11 is 0. The highest BCUT2D eigenvalue weighted by Crippen LogP contribution is 2.45. The molecule has 4 N–H and O–H groups in total. The first-order valence-corrected chi connectivity index (χ1v) is 12.4. The molecule has 0 saturated heterocycles. The number of hydrogen-bond acceptors (Lipinski definition) is 7. The van der Waals surface area contributed by atoms with Crippen LogP contribution in [0.25, 0.3) is 0 Å². The number of nitrogens with one attached hydrogen (secondary N) is 2. The third-order valence-electron chi connectivity index (χ3n) is 7.08. The topological polar surface area (TPSA) is 143 Å². The van der Waals surface area contributed by atoms with E-state index in [1.54, 1.807) is 21.9 Å². The third kappa shape index (κ3) is 4.50. The third-order valence-corrected chi connectivity index (χ3v) is 7.08. The number of amides is 2. The van der Waals surface area contributed by atoms with E-state index < -0.39 is 16.8 Å². The quantitative estimate of drug-likeness (QED) is 0.477. The predicted molar refractivity (Wildman–Crippen MR) is 138 cm³/mol. The van der Waals surface area contributed by atoms with Crippen LogP contribution in [0.1, 0.15) is 45.4 Å². The maximum atomic E-state index is 14.0. The highest BCUT2D eigenvalue weighted by atomic mass is 16.5. The fourth-order valence-electron chi connectivity index (χ4n) is 5.26. The van der Waals surface area contributed by atoms with Crippen molar-refractivity contribution in [2.45, 2.75) is 57.5 Å². The van der Waals surface area contributed by atoms with Gasteiger partial charge >= 0.3 is 5.69 Å². The van der Waals surface area contributed by atoms with E-state index in [0.29, 0.717) is 37.2 Å². The van der Waals surface area contributed by atoms with Crippen LogP contribution in [0.15, 0.2) is 33.9 Å². The van der Waals surface area contributed by atoms with Crippen LogP contribution in [-0.4, -0.2) is 53.7 Å². The molecule has 4 rings (SSSR count). The van der Waals surface area contributed by atoms with E-state index in [0.717, 1.165) is 19.3 Å². The van der Waals surface area contributed by atoms with Crippen LogP contribution < -0.4 is 32.1 Å². The molecule has 0 unspecified atom stereocenters.